The summed E-state index contributed by atoms with van der Waals surface area (Å²) >= 11 is 0. The molecule has 0 bridgehead atoms. The van der Waals surface area contributed by atoms with E-state index in [4.69, 9.17) is 9.47 Å². The molecule has 2 aromatic carbocycles. The fourth-order valence-corrected chi connectivity index (χ4v) is 2.99. The first-order valence-electron chi connectivity index (χ1n) is 9.06. The Kier molecular flexibility index (Phi) is 6.44. The molecule has 6 nitrogen and oxygen atoms in total. The molecule has 2 aromatic rings. The average molecular weight is 368 g/mol. The zero-order valence-corrected chi connectivity index (χ0v) is 15.4. The molecular formula is C21H24N2O4. The maximum Gasteiger partial charge on any atom is 0.251 e. The number of benzene rings is 2. The lowest BCUT2D eigenvalue weighted by Gasteiger charge is -2.12. The zero-order chi connectivity index (χ0) is 19.1. The number of carbonyl (C=O) groups is 2. The first-order chi connectivity index (χ1) is 13.1. The van der Waals surface area contributed by atoms with E-state index in [2.05, 4.69) is 10.6 Å². The highest BCUT2D eigenvalue weighted by molar-refractivity contribution is 5.97. The van der Waals surface area contributed by atoms with E-state index in [1.807, 2.05) is 24.3 Å². The van der Waals surface area contributed by atoms with Crippen LogP contribution in [0.2, 0.25) is 0 Å². The van der Waals surface area contributed by atoms with Gasteiger partial charge in [0.05, 0.1) is 19.6 Å². The number of carbonyl (C=O) groups excluding carboxylic acids is 2. The predicted octanol–water partition coefficient (Wildman–Crippen LogP) is 2.79. The lowest BCUT2D eigenvalue weighted by atomic mass is 10.1. The van der Waals surface area contributed by atoms with Gasteiger partial charge in [-0.25, -0.2) is 0 Å². The molecule has 1 atom stereocenters. The molecule has 6 heteroatoms. The van der Waals surface area contributed by atoms with Gasteiger partial charge in [-0.1, -0.05) is 18.2 Å². The van der Waals surface area contributed by atoms with Gasteiger partial charge in [-0.3, -0.25) is 9.59 Å². The second kappa shape index (κ2) is 9.19. The standard InChI is InChI=1S/C21H24N2O4/c1-26-18-9-7-15(8-10-18)12-20(24)23-17-5-2-4-16(13-17)21(25)22-14-19-6-3-11-27-19/h2,4-5,7-10,13,19H,3,6,11-12,14H2,1H3,(H,22,25)(H,23,24)/t19-/m0/s1. The van der Waals surface area contributed by atoms with Crippen LogP contribution in [0.25, 0.3) is 0 Å². The van der Waals surface area contributed by atoms with Crippen LogP contribution in [0.3, 0.4) is 0 Å². The van der Waals surface area contributed by atoms with Crippen molar-refractivity contribution in [2.75, 3.05) is 25.6 Å². The minimum Gasteiger partial charge on any atom is -0.497 e. The molecule has 0 aromatic heterocycles. The summed E-state index contributed by atoms with van der Waals surface area (Å²) in [6.07, 6.45) is 2.36. The van der Waals surface area contributed by atoms with Crippen LogP contribution >= 0.6 is 0 Å². The Morgan fingerprint density at radius 2 is 2.00 bits per heavy atom. The number of amides is 2. The van der Waals surface area contributed by atoms with Crippen molar-refractivity contribution >= 4 is 17.5 Å². The van der Waals surface area contributed by atoms with Crippen LogP contribution in [-0.2, 0) is 16.0 Å². The summed E-state index contributed by atoms with van der Waals surface area (Å²) in [4.78, 5) is 24.6. The summed E-state index contributed by atoms with van der Waals surface area (Å²) in [7, 11) is 1.60. The molecule has 1 fully saturated rings. The molecule has 1 aliphatic rings. The van der Waals surface area contributed by atoms with Crippen LogP contribution in [0.1, 0.15) is 28.8 Å². The van der Waals surface area contributed by atoms with Gasteiger partial charge in [-0.05, 0) is 48.7 Å². The van der Waals surface area contributed by atoms with Gasteiger partial charge in [0.1, 0.15) is 5.75 Å². The summed E-state index contributed by atoms with van der Waals surface area (Å²) in [5.41, 5.74) is 1.99. The van der Waals surface area contributed by atoms with Crippen molar-refractivity contribution in [3.05, 3.63) is 59.7 Å². The van der Waals surface area contributed by atoms with Crippen LogP contribution in [0.15, 0.2) is 48.5 Å². The van der Waals surface area contributed by atoms with E-state index in [-0.39, 0.29) is 24.3 Å². The van der Waals surface area contributed by atoms with E-state index in [1.165, 1.54) is 0 Å². The number of nitrogens with one attached hydrogen (secondary N) is 2. The summed E-state index contributed by atoms with van der Waals surface area (Å²) in [5.74, 6) is 0.440. The molecule has 142 valence electrons. The molecule has 3 rings (SSSR count). The van der Waals surface area contributed by atoms with Gasteiger partial charge in [-0.2, -0.15) is 0 Å². The molecule has 0 spiro atoms. The highest BCUT2D eigenvalue weighted by atomic mass is 16.5. The summed E-state index contributed by atoms with van der Waals surface area (Å²) < 4.78 is 10.6. The zero-order valence-electron chi connectivity index (χ0n) is 15.4. The third-order valence-corrected chi connectivity index (χ3v) is 4.45. The van der Waals surface area contributed by atoms with E-state index >= 15 is 0 Å². The summed E-state index contributed by atoms with van der Waals surface area (Å²) in [6, 6.07) is 14.3. The summed E-state index contributed by atoms with van der Waals surface area (Å²) in [6.45, 7) is 1.27. The molecule has 1 heterocycles. The number of rotatable bonds is 7. The first kappa shape index (κ1) is 18.9. The fraction of sp³-hybridized carbons (Fsp3) is 0.333. The number of methoxy groups -OCH3 is 1. The average Bonchev–Trinajstić information content (AvgIpc) is 3.20. The monoisotopic (exact) mass is 368 g/mol. The lowest BCUT2D eigenvalue weighted by Crippen LogP contribution is -2.31. The Morgan fingerprint density at radius 3 is 2.70 bits per heavy atom. The van der Waals surface area contributed by atoms with Gasteiger partial charge in [0, 0.05) is 24.4 Å². The fourth-order valence-electron chi connectivity index (χ4n) is 2.99. The van der Waals surface area contributed by atoms with Gasteiger partial charge < -0.3 is 20.1 Å². The van der Waals surface area contributed by atoms with E-state index < -0.39 is 0 Å². The largest absolute Gasteiger partial charge is 0.497 e. The Balaban J connectivity index is 1.54. The molecular weight excluding hydrogens is 344 g/mol. The molecule has 2 N–H and O–H groups in total. The van der Waals surface area contributed by atoms with Gasteiger partial charge in [-0.15, -0.1) is 0 Å². The van der Waals surface area contributed by atoms with Gasteiger partial charge in [0.25, 0.3) is 5.91 Å². The molecule has 0 saturated carbocycles. The highest BCUT2D eigenvalue weighted by Gasteiger charge is 2.17. The summed E-state index contributed by atoms with van der Waals surface area (Å²) in [5, 5.41) is 5.72. The van der Waals surface area contributed by atoms with Crippen LogP contribution in [0, 0.1) is 0 Å². The molecule has 0 radical (unpaired) electrons. The van der Waals surface area contributed by atoms with E-state index in [9.17, 15) is 9.59 Å². The van der Waals surface area contributed by atoms with E-state index in [1.54, 1.807) is 31.4 Å². The molecule has 0 aliphatic carbocycles. The van der Waals surface area contributed by atoms with Crippen molar-refractivity contribution in [1.82, 2.24) is 5.32 Å². The molecule has 1 saturated heterocycles. The van der Waals surface area contributed by atoms with Crippen LogP contribution in [-0.4, -0.2) is 38.2 Å². The van der Waals surface area contributed by atoms with Crippen molar-refractivity contribution in [2.45, 2.75) is 25.4 Å². The van der Waals surface area contributed by atoms with Crippen LogP contribution in [0.4, 0.5) is 5.69 Å². The van der Waals surface area contributed by atoms with E-state index in [0.717, 1.165) is 30.8 Å². The highest BCUT2D eigenvalue weighted by Crippen LogP contribution is 2.15. The second-order valence-corrected chi connectivity index (χ2v) is 6.50. The van der Waals surface area contributed by atoms with Gasteiger partial charge >= 0.3 is 0 Å². The Bertz CT molecular complexity index is 783. The van der Waals surface area contributed by atoms with Crippen molar-refractivity contribution in [2.24, 2.45) is 0 Å². The SMILES string of the molecule is COc1ccc(CC(=O)Nc2cccc(C(=O)NC[C@@H]3CCCO3)c2)cc1. The minimum absolute atomic E-state index is 0.0985. The number of ether oxygens (including phenoxy) is 2. The Labute approximate surface area is 158 Å². The van der Waals surface area contributed by atoms with Gasteiger partial charge in [0.2, 0.25) is 5.91 Å². The second-order valence-electron chi connectivity index (χ2n) is 6.50. The van der Waals surface area contributed by atoms with Crippen LogP contribution in [0.5, 0.6) is 5.75 Å². The topological polar surface area (TPSA) is 76.7 Å². The number of hydrogen-bond acceptors (Lipinski definition) is 4. The number of hydrogen-bond donors (Lipinski definition) is 2. The third kappa shape index (κ3) is 5.56. The van der Waals surface area contributed by atoms with E-state index in [0.29, 0.717) is 17.8 Å². The van der Waals surface area contributed by atoms with Crippen molar-refractivity contribution in [3.8, 4) is 5.75 Å². The minimum atomic E-state index is -0.170. The lowest BCUT2D eigenvalue weighted by molar-refractivity contribution is -0.115. The molecule has 27 heavy (non-hydrogen) atoms. The van der Waals surface area contributed by atoms with Crippen molar-refractivity contribution in [3.63, 3.8) is 0 Å². The molecule has 2 amide bonds. The number of anilines is 1. The maximum absolute atomic E-state index is 12.3. The normalized spacial score (nSPS) is 16.0. The Hall–Kier alpha value is -2.86. The molecule has 1 aliphatic heterocycles. The Morgan fingerprint density at radius 1 is 1.19 bits per heavy atom. The predicted molar refractivity (Wildman–Crippen MR) is 103 cm³/mol. The maximum atomic E-state index is 12.3. The van der Waals surface area contributed by atoms with Crippen molar-refractivity contribution in [1.29, 1.82) is 0 Å². The smallest absolute Gasteiger partial charge is 0.251 e. The first-order valence-corrected chi connectivity index (χ1v) is 9.06. The molecule has 0 unspecified atom stereocenters. The van der Waals surface area contributed by atoms with Crippen molar-refractivity contribution < 1.29 is 19.1 Å². The third-order valence-electron chi connectivity index (χ3n) is 4.45. The van der Waals surface area contributed by atoms with Gasteiger partial charge in [0.15, 0.2) is 0 Å². The van der Waals surface area contributed by atoms with Crippen LogP contribution < -0.4 is 15.4 Å². The quantitative estimate of drug-likeness (QED) is 0.788.